The number of pyridine rings is 2. The highest BCUT2D eigenvalue weighted by atomic mass is 79.9. The number of nitrogens with two attached hydrogens (primary N) is 1. The van der Waals surface area contributed by atoms with Crippen LogP contribution >= 0.6 is 39.1 Å². The Hall–Kier alpha value is -3.73. The normalized spacial score (nSPS) is 11.1. The zero-order valence-corrected chi connectivity index (χ0v) is 21.5. The van der Waals surface area contributed by atoms with Crippen molar-refractivity contribution in [2.75, 3.05) is 5.73 Å². The summed E-state index contributed by atoms with van der Waals surface area (Å²) in [5, 5.41) is 4.93. The number of hydrogen-bond donors (Lipinski definition) is 2. The van der Waals surface area contributed by atoms with Gasteiger partial charge in [0.25, 0.3) is 5.56 Å². The van der Waals surface area contributed by atoms with Gasteiger partial charge in [0.1, 0.15) is 10.4 Å². The van der Waals surface area contributed by atoms with E-state index in [9.17, 15) is 9.59 Å². The molecule has 0 unspecified atom stereocenters. The standard InChI is InChI=1S/C24H15BrCl2N6O3/c1-11-6-19(12-2-5-20(25)29-10-12)30-18-4-3-14(9-15(11)18)36-21-16(26)7-13(8-17(21)27)33-24(35)31-23(34)22(28)32-33/h2-10H,1H3,(H2,28,32)(H,31,34,35). The first-order chi connectivity index (χ1) is 17.2. The minimum absolute atomic E-state index is 0.129. The van der Waals surface area contributed by atoms with Crippen molar-refractivity contribution in [2.24, 2.45) is 0 Å². The third kappa shape index (κ3) is 4.58. The van der Waals surface area contributed by atoms with E-state index in [1.54, 1.807) is 12.3 Å². The zero-order chi connectivity index (χ0) is 25.6. The predicted octanol–water partition coefficient (Wildman–Crippen LogP) is 5.28. The van der Waals surface area contributed by atoms with Crippen LogP contribution in [-0.2, 0) is 0 Å². The predicted molar refractivity (Wildman–Crippen MR) is 142 cm³/mol. The summed E-state index contributed by atoms with van der Waals surface area (Å²) in [6, 6.07) is 14.1. The van der Waals surface area contributed by atoms with Gasteiger partial charge in [-0.3, -0.25) is 9.78 Å². The number of anilines is 1. The summed E-state index contributed by atoms with van der Waals surface area (Å²) in [4.78, 5) is 34.7. The van der Waals surface area contributed by atoms with Crippen LogP contribution in [0.15, 0.2) is 68.9 Å². The molecule has 180 valence electrons. The van der Waals surface area contributed by atoms with Crippen molar-refractivity contribution in [1.82, 2.24) is 24.7 Å². The quantitative estimate of drug-likeness (QED) is 0.274. The van der Waals surface area contributed by atoms with E-state index in [1.165, 1.54) is 12.1 Å². The number of nitrogens with one attached hydrogen (secondary N) is 1. The van der Waals surface area contributed by atoms with Gasteiger partial charge in [0, 0.05) is 17.1 Å². The van der Waals surface area contributed by atoms with Crippen molar-refractivity contribution < 1.29 is 4.74 Å². The third-order valence-electron chi connectivity index (χ3n) is 5.31. The van der Waals surface area contributed by atoms with Gasteiger partial charge in [0.15, 0.2) is 5.75 Å². The van der Waals surface area contributed by atoms with Gasteiger partial charge in [-0.1, -0.05) is 23.2 Å². The summed E-state index contributed by atoms with van der Waals surface area (Å²) >= 11 is 16.2. The monoisotopic (exact) mass is 584 g/mol. The number of fused-ring (bicyclic) bond motifs is 1. The maximum absolute atomic E-state index is 12.1. The van der Waals surface area contributed by atoms with Crippen LogP contribution in [0, 0.1) is 6.92 Å². The highest BCUT2D eigenvalue weighted by Crippen LogP contribution is 2.39. The molecule has 3 aromatic heterocycles. The second kappa shape index (κ2) is 9.38. The number of aromatic nitrogens is 5. The molecule has 0 saturated carbocycles. The van der Waals surface area contributed by atoms with Crippen molar-refractivity contribution in [1.29, 1.82) is 0 Å². The average Bonchev–Trinajstić information content (AvgIpc) is 2.84. The van der Waals surface area contributed by atoms with Crippen LogP contribution in [-0.4, -0.2) is 24.7 Å². The lowest BCUT2D eigenvalue weighted by Gasteiger charge is -2.13. The molecule has 0 amide bonds. The van der Waals surface area contributed by atoms with Gasteiger partial charge in [0.05, 0.1) is 26.9 Å². The Balaban J connectivity index is 1.49. The van der Waals surface area contributed by atoms with E-state index < -0.39 is 11.2 Å². The van der Waals surface area contributed by atoms with Crippen molar-refractivity contribution in [3.63, 3.8) is 0 Å². The van der Waals surface area contributed by atoms with E-state index in [2.05, 4.69) is 31.0 Å². The molecule has 0 aliphatic rings. The number of rotatable bonds is 4. The molecule has 3 N–H and O–H groups in total. The Morgan fingerprint density at radius 2 is 1.81 bits per heavy atom. The Bertz CT molecular complexity index is 1750. The summed E-state index contributed by atoms with van der Waals surface area (Å²) in [5.74, 6) is 0.308. The van der Waals surface area contributed by atoms with E-state index in [-0.39, 0.29) is 27.3 Å². The first-order valence-corrected chi connectivity index (χ1v) is 11.9. The molecule has 9 nitrogen and oxygen atoms in total. The molecule has 0 spiro atoms. The molecule has 0 aliphatic heterocycles. The van der Waals surface area contributed by atoms with Gasteiger partial charge in [0.2, 0.25) is 5.82 Å². The molecule has 0 atom stereocenters. The lowest BCUT2D eigenvalue weighted by Crippen LogP contribution is -2.33. The number of benzene rings is 2. The van der Waals surface area contributed by atoms with Crippen molar-refractivity contribution in [2.45, 2.75) is 6.92 Å². The van der Waals surface area contributed by atoms with E-state index in [0.717, 1.165) is 37.0 Å². The molecule has 0 saturated heterocycles. The van der Waals surface area contributed by atoms with Crippen LogP contribution in [0.3, 0.4) is 0 Å². The fourth-order valence-electron chi connectivity index (χ4n) is 3.58. The van der Waals surface area contributed by atoms with Gasteiger partial charge < -0.3 is 10.5 Å². The van der Waals surface area contributed by atoms with Crippen LogP contribution in [0.1, 0.15) is 5.56 Å². The molecule has 36 heavy (non-hydrogen) atoms. The number of ether oxygens (including phenoxy) is 1. The van der Waals surface area contributed by atoms with Gasteiger partial charge in [-0.2, -0.15) is 4.68 Å². The largest absolute Gasteiger partial charge is 0.454 e. The van der Waals surface area contributed by atoms with Crippen LogP contribution in [0.4, 0.5) is 5.82 Å². The molecule has 0 bridgehead atoms. The second-order valence-electron chi connectivity index (χ2n) is 7.77. The summed E-state index contributed by atoms with van der Waals surface area (Å²) in [5.41, 5.74) is 7.66. The molecular weight excluding hydrogens is 571 g/mol. The van der Waals surface area contributed by atoms with Crippen molar-refractivity contribution in [3.8, 4) is 28.4 Å². The highest BCUT2D eigenvalue weighted by molar-refractivity contribution is 9.10. The molecule has 0 aliphatic carbocycles. The number of H-pyrrole nitrogens is 1. The molecule has 0 fully saturated rings. The zero-order valence-electron chi connectivity index (χ0n) is 18.4. The van der Waals surface area contributed by atoms with Gasteiger partial charge in [-0.25, -0.2) is 14.8 Å². The van der Waals surface area contributed by atoms with E-state index >= 15 is 0 Å². The summed E-state index contributed by atoms with van der Waals surface area (Å²) in [7, 11) is 0. The fraction of sp³-hybridized carbons (Fsp3) is 0.0417. The molecule has 2 aromatic carbocycles. The van der Waals surface area contributed by atoms with Crippen LogP contribution in [0.5, 0.6) is 11.5 Å². The smallest absolute Gasteiger partial charge is 0.349 e. The van der Waals surface area contributed by atoms with E-state index in [0.29, 0.717) is 5.75 Å². The van der Waals surface area contributed by atoms with Crippen molar-refractivity contribution in [3.05, 3.63) is 95.8 Å². The topological polar surface area (TPSA) is 129 Å². The number of halogens is 3. The lowest BCUT2D eigenvalue weighted by atomic mass is 10.1. The SMILES string of the molecule is Cc1cc(-c2ccc(Br)nc2)nc2ccc(Oc3c(Cl)cc(-n4nc(N)c(=O)[nH]c4=O)cc3Cl)cc12. The average molecular weight is 586 g/mol. The molecule has 5 aromatic rings. The van der Waals surface area contributed by atoms with E-state index in [1.807, 2.05) is 37.3 Å². The molecular formula is C24H15BrCl2N6O3. The summed E-state index contributed by atoms with van der Waals surface area (Å²) < 4.78 is 7.64. The van der Waals surface area contributed by atoms with Crippen molar-refractivity contribution >= 4 is 55.9 Å². The highest BCUT2D eigenvalue weighted by Gasteiger charge is 2.15. The van der Waals surface area contributed by atoms with Crippen LogP contribution in [0.2, 0.25) is 10.0 Å². The maximum atomic E-state index is 12.1. The lowest BCUT2D eigenvalue weighted by molar-refractivity contribution is 0.483. The second-order valence-corrected chi connectivity index (χ2v) is 9.40. The van der Waals surface area contributed by atoms with Gasteiger partial charge >= 0.3 is 5.69 Å². The minimum atomic E-state index is -0.786. The molecule has 0 radical (unpaired) electrons. The Kier molecular flexibility index (Phi) is 6.25. The number of aromatic amines is 1. The van der Waals surface area contributed by atoms with Gasteiger partial charge in [-0.15, -0.1) is 5.10 Å². The number of hydrogen-bond acceptors (Lipinski definition) is 7. The number of nitrogen functional groups attached to an aromatic ring is 1. The summed E-state index contributed by atoms with van der Waals surface area (Å²) in [6.07, 6.45) is 1.76. The molecule has 5 rings (SSSR count). The van der Waals surface area contributed by atoms with Crippen LogP contribution < -0.4 is 21.7 Å². The summed E-state index contributed by atoms with van der Waals surface area (Å²) in [6.45, 7) is 1.99. The third-order valence-corrected chi connectivity index (χ3v) is 6.34. The Morgan fingerprint density at radius 1 is 1.06 bits per heavy atom. The minimum Gasteiger partial charge on any atom is -0.454 e. The maximum Gasteiger partial charge on any atom is 0.349 e. The van der Waals surface area contributed by atoms with Gasteiger partial charge in [-0.05, 0) is 76.9 Å². The van der Waals surface area contributed by atoms with E-state index in [4.69, 9.17) is 38.7 Å². The number of aryl methyl sites for hydroxylation is 1. The molecule has 12 heteroatoms. The first kappa shape index (κ1) is 24.0. The number of nitrogens with zero attached hydrogens (tertiary/aromatic N) is 4. The Labute approximate surface area is 221 Å². The van der Waals surface area contributed by atoms with Crippen LogP contribution in [0.25, 0.3) is 27.8 Å². The Morgan fingerprint density at radius 3 is 2.50 bits per heavy atom. The fourth-order valence-corrected chi connectivity index (χ4v) is 4.37. The first-order valence-electron chi connectivity index (χ1n) is 10.4. The molecule has 3 heterocycles.